The molecule has 0 radical (unpaired) electrons. The molecule has 10 atom stereocenters. The lowest BCUT2D eigenvalue weighted by Gasteiger charge is -2.43. The van der Waals surface area contributed by atoms with E-state index >= 15 is 0 Å². The number of carbonyl (C=O) groups excluding carboxylic acids is 8. The van der Waals surface area contributed by atoms with E-state index in [1.165, 1.54) is 32.2 Å². The zero-order valence-corrected chi connectivity index (χ0v) is 43.2. The molecular formula is C52H72N6O16. The van der Waals surface area contributed by atoms with Gasteiger partial charge in [0.2, 0.25) is 35.3 Å². The van der Waals surface area contributed by atoms with Gasteiger partial charge in [-0.1, -0.05) is 53.7 Å². The van der Waals surface area contributed by atoms with E-state index < -0.39 is 150 Å². The van der Waals surface area contributed by atoms with E-state index in [-0.39, 0.29) is 70.9 Å². The molecule has 6 rings (SSSR count). The Morgan fingerprint density at radius 3 is 2.05 bits per heavy atom. The first-order chi connectivity index (χ1) is 34.9. The average molecular weight is 1040 g/mol. The summed E-state index contributed by atoms with van der Waals surface area (Å²) < 4.78 is 17.7. The van der Waals surface area contributed by atoms with Crippen LogP contribution in [0.4, 0.5) is 0 Å². The predicted octanol–water partition coefficient (Wildman–Crippen LogP) is 0.620. The summed E-state index contributed by atoms with van der Waals surface area (Å²) in [5.41, 5.74) is -4.42. The zero-order valence-electron chi connectivity index (χ0n) is 43.2. The number of phenolic OH excluding ortho intramolecular Hbond substituents is 2. The van der Waals surface area contributed by atoms with Crippen LogP contribution in [0.25, 0.3) is 0 Å². The van der Waals surface area contributed by atoms with Crippen molar-refractivity contribution in [2.75, 3.05) is 26.8 Å². The number of aromatic hydroxyl groups is 2. The lowest BCUT2D eigenvalue weighted by molar-refractivity contribution is -0.249. The first-order valence-corrected chi connectivity index (χ1v) is 25.3. The van der Waals surface area contributed by atoms with Crippen LogP contribution in [-0.4, -0.2) is 154 Å². The lowest BCUT2D eigenvalue weighted by Crippen LogP contribution is -2.60. The van der Waals surface area contributed by atoms with Crippen LogP contribution in [0.5, 0.6) is 17.2 Å². The molecule has 0 unspecified atom stereocenters. The van der Waals surface area contributed by atoms with Gasteiger partial charge in [0, 0.05) is 36.0 Å². The van der Waals surface area contributed by atoms with Crippen molar-refractivity contribution in [2.24, 2.45) is 17.8 Å². The number of Topliss-reactive ketones (excluding diaryl/α,β-unsaturated/α-hetero) is 1. The Labute approximate surface area is 429 Å². The first-order valence-electron chi connectivity index (χ1n) is 25.3. The third-order valence-corrected chi connectivity index (χ3v) is 13.9. The predicted molar refractivity (Wildman–Crippen MR) is 264 cm³/mol. The number of ether oxygens (including phenoxy) is 3. The fourth-order valence-corrected chi connectivity index (χ4v) is 10.2. The number of aliphatic hydroxyl groups excluding tert-OH is 2. The van der Waals surface area contributed by atoms with Gasteiger partial charge in [0.15, 0.2) is 17.9 Å². The minimum atomic E-state index is -2.42. The summed E-state index contributed by atoms with van der Waals surface area (Å²) in [5, 5.41) is 73.4. The van der Waals surface area contributed by atoms with Crippen LogP contribution >= 0.6 is 0 Å². The monoisotopic (exact) mass is 1040 g/mol. The van der Waals surface area contributed by atoms with E-state index in [0.717, 1.165) is 6.42 Å². The molecule has 0 saturated carbocycles. The number of benzene rings is 2. The number of fused-ring (bicyclic) bond motifs is 3. The van der Waals surface area contributed by atoms with Gasteiger partial charge in [-0.3, -0.25) is 38.4 Å². The van der Waals surface area contributed by atoms with Crippen molar-refractivity contribution < 1.29 is 78.1 Å². The van der Waals surface area contributed by atoms with Crippen LogP contribution in [0.3, 0.4) is 0 Å². The minimum Gasteiger partial charge on any atom is -0.507 e. The maximum absolute atomic E-state index is 14.2. The third-order valence-electron chi connectivity index (χ3n) is 13.9. The molecule has 0 aromatic heterocycles. The van der Waals surface area contributed by atoms with Gasteiger partial charge in [-0.15, -0.1) is 0 Å². The molecule has 22 heteroatoms. The van der Waals surface area contributed by atoms with Crippen molar-refractivity contribution in [3.63, 3.8) is 0 Å². The molecule has 406 valence electrons. The Morgan fingerprint density at radius 1 is 0.838 bits per heavy atom. The first kappa shape index (κ1) is 57.2. The summed E-state index contributed by atoms with van der Waals surface area (Å²) in [6.45, 7) is 11.7. The average Bonchev–Trinajstić information content (AvgIpc) is 3.89. The minimum absolute atomic E-state index is 0.0252. The standard InChI is InChI=1S/C52H72N6O16/c1-23(2)15-31(57-49(68)29-12-10-14-53-29)48(67)54-21-37(61)55-32(16-24(3)4)50(69)58-33(17-25(5)6)51(70)56-30-18-38(73-26(7)43(30)62)74-35-20-52(71,36(60)22-59)19-28-40(35)47(66)42-41(45(28)64)44(63)27-11-9-13-34(72-8)39(27)46(42)65/h9,11,13,23-26,29-33,35,38,43,53,59,62,64,66,71H,10,12,14-22H2,1-8H3,(H,54,67)(H,55,61)(H,56,70)(H,57,68)(H,58,69)/t26-,29-,30-,31-,32-,33-,35-,38-,43+,52-/m0/s1. The lowest BCUT2D eigenvalue weighted by atomic mass is 9.72. The van der Waals surface area contributed by atoms with Crippen molar-refractivity contribution in [3.05, 3.63) is 51.6 Å². The molecule has 22 nitrogen and oxygen atoms in total. The second-order valence-electron chi connectivity index (χ2n) is 21.1. The molecule has 0 spiro atoms. The van der Waals surface area contributed by atoms with Gasteiger partial charge in [0.05, 0.1) is 54.6 Å². The number of carbonyl (C=O) groups is 8. The zero-order chi connectivity index (χ0) is 54.5. The molecule has 2 aromatic carbocycles. The molecule has 2 aliphatic heterocycles. The number of rotatable bonds is 21. The highest BCUT2D eigenvalue weighted by atomic mass is 16.7. The van der Waals surface area contributed by atoms with E-state index in [4.69, 9.17) is 14.2 Å². The van der Waals surface area contributed by atoms with E-state index in [9.17, 15) is 63.9 Å². The highest BCUT2D eigenvalue weighted by molar-refractivity contribution is 6.31. The number of aliphatic hydroxyl groups is 3. The number of ketones is 3. The Kier molecular flexibility index (Phi) is 18.6. The van der Waals surface area contributed by atoms with Crippen molar-refractivity contribution in [1.82, 2.24) is 31.9 Å². The van der Waals surface area contributed by atoms with E-state index in [2.05, 4.69) is 31.9 Å². The quantitative estimate of drug-likeness (QED) is 0.0652. The highest BCUT2D eigenvalue weighted by Crippen LogP contribution is 2.52. The summed E-state index contributed by atoms with van der Waals surface area (Å²) in [6, 6.07) is -0.532. The third kappa shape index (κ3) is 12.7. The van der Waals surface area contributed by atoms with E-state index in [1.54, 1.807) is 0 Å². The smallest absolute Gasteiger partial charge is 0.243 e. The van der Waals surface area contributed by atoms with Gasteiger partial charge in [-0.2, -0.15) is 0 Å². The number of phenols is 2. The molecule has 2 heterocycles. The van der Waals surface area contributed by atoms with Crippen LogP contribution < -0.4 is 36.6 Å². The maximum Gasteiger partial charge on any atom is 0.243 e. The second-order valence-corrected chi connectivity index (χ2v) is 21.1. The normalized spacial score (nSPS) is 24.5. The van der Waals surface area contributed by atoms with Crippen LogP contribution in [0.15, 0.2) is 18.2 Å². The van der Waals surface area contributed by atoms with Crippen LogP contribution in [0.2, 0.25) is 0 Å². The molecular weight excluding hydrogens is 965 g/mol. The highest BCUT2D eigenvalue weighted by Gasteiger charge is 2.51. The van der Waals surface area contributed by atoms with Gasteiger partial charge in [0.25, 0.3) is 0 Å². The van der Waals surface area contributed by atoms with Gasteiger partial charge in [0.1, 0.15) is 53.7 Å². The molecule has 2 saturated heterocycles. The molecule has 74 heavy (non-hydrogen) atoms. The number of amides is 5. The number of hydrogen-bond donors (Lipinski definition) is 11. The Hall–Kier alpha value is -6.04. The fraction of sp³-hybridized carbons (Fsp3) is 0.615. The molecule has 2 aromatic rings. The van der Waals surface area contributed by atoms with Crippen LogP contribution in [0.1, 0.15) is 142 Å². The second kappa shape index (κ2) is 24.1. The molecule has 4 aliphatic rings. The summed E-state index contributed by atoms with van der Waals surface area (Å²) in [4.78, 5) is 109. The molecule has 0 bridgehead atoms. The van der Waals surface area contributed by atoms with E-state index in [0.29, 0.717) is 19.4 Å². The Morgan fingerprint density at radius 2 is 1.46 bits per heavy atom. The van der Waals surface area contributed by atoms with Gasteiger partial charge in [-0.25, -0.2) is 0 Å². The summed E-state index contributed by atoms with van der Waals surface area (Å²) in [7, 11) is 1.29. The molecule has 5 amide bonds. The van der Waals surface area contributed by atoms with Gasteiger partial charge in [-0.05, 0) is 69.4 Å². The maximum atomic E-state index is 14.2. The largest absolute Gasteiger partial charge is 0.507 e. The van der Waals surface area contributed by atoms with Gasteiger partial charge < -0.3 is 71.6 Å². The number of methoxy groups -OCH3 is 1. The van der Waals surface area contributed by atoms with Gasteiger partial charge >= 0.3 is 0 Å². The van der Waals surface area contributed by atoms with Crippen LogP contribution in [-0.2, 0) is 44.7 Å². The topological polar surface area (TPSA) is 338 Å². The number of nitrogens with one attached hydrogen (secondary N) is 6. The van der Waals surface area contributed by atoms with Crippen molar-refractivity contribution in [2.45, 2.75) is 160 Å². The Balaban J connectivity index is 1.18. The van der Waals surface area contributed by atoms with Crippen molar-refractivity contribution >= 4 is 46.9 Å². The summed E-state index contributed by atoms with van der Waals surface area (Å²) in [6.07, 6.45) is -4.93. The summed E-state index contributed by atoms with van der Waals surface area (Å²) in [5.74, 6) is -7.52. The SMILES string of the molecule is COc1cccc2c1C(=O)c1c(O)c3c(c(O)c1C2=O)C[C@@](O)(C(=O)CO)C[C@@H]3O[C@H]1C[C@H](NC(=O)[C@H](CC(C)C)NC(=O)[C@H](CC(C)C)NC(=O)CNC(=O)[C@H](CC(C)C)NC(=O)[C@@H]2CCCN2)[C@H](O)[C@H](C)O1. The summed E-state index contributed by atoms with van der Waals surface area (Å²) >= 11 is 0. The van der Waals surface area contributed by atoms with Crippen molar-refractivity contribution in [3.8, 4) is 17.2 Å². The fourth-order valence-electron chi connectivity index (χ4n) is 10.2. The van der Waals surface area contributed by atoms with Crippen LogP contribution in [0, 0.1) is 17.8 Å². The molecule has 11 N–H and O–H groups in total. The Bertz CT molecular complexity index is 2490. The molecule has 2 fully saturated rings. The molecule has 2 aliphatic carbocycles. The van der Waals surface area contributed by atoms with Crippen molar-refractivity contribution in [1.29, 1.82) is 0 Å². The number of hydrogen-bond acceptors (Lipinski definition) is 17. The van der Waals surface area contributed by atoms with E-state index in [1.807, 2.05) is 41.5 Å².